The number of esters is 1. The van der Waals surface area contributed by atoms with Gasteiger partial charge in [-0.2, -0.15) is 0 Å². The second-order valence-electron chi connectivity index (χ2n) is 17.9. The van der Waals surface area contributed by atoms with Crippen molar-refractivity contribution in [2.24, 2.45) is 23.7 Å². The highest BCUT2D eigenvalue weighted by Gasteiger charge is 2.52. The van der Waals surface area contributed by atoms with Crippen molar-refractivity contribution in [1.29, 1.82) is 0 Å². The highest BCUT2D eigenvalue weighted by Crippen LogP contribution is 2.43. The number of aromatic nitrogens is 2. The third kappa shape index (κ3) is 11.6. The van der Waals surface area contributed by atoms with Crippen molar-refractivity contribution in [3.05, 3.63) is 59.8 Å². The van der Waals surface area contributed by atoms with Crippen LogP contribution < -0.4 is 5.32 Å². The number of nitrogens with one attached hydrogen (secondary N) is 1. The number of aliphatic hydroxyl groups is 3. The van der Waals surface area contributed by atoms with Gasteiger partial charge < -0.3 is 54.0 Å². The molecule has 14 atom stereocenters. The van der Waals surface area contributed by atoms with Gasteiger partial charge in [0.2, 0.25) is 0 Å². The summed E-state index contributed by atoms with van der Waals surface area (Å²) in [5.74, 6) is -3.33. The summed E-state index contributed by atoms with van der Waals surface area (Å²) >= 11 is 1.31. The first-order valence-corrected chi connectivity index (χ1v) is 22.2. The van der Waals surface area contributed by atoms with Crippen molar-refractivity contribution in [1.82, 2.24) is 19.8 Å². The fraction of sp³-hybridized carbons (Fsp3) is 0.689. The first-order valence-electron chi connectivity index (χ1n) is 21.4. The van der Waals surface area contributed by atoms with Gasteiger partial charge in [0.1, 0.15) is 24.4 Å². The minimum absolute atomic E-state index is 0.0147. The Kier molecular flexibility index (Phi) is 16.7. The minimum atomic E-state index is -1.72. The predicted molar refractivity (Wildman–Crippen MR) is 230 cm³/mol. The lowest BCUT2D eigenvalue weighted by Gasteiger charge is -2.48. The Morgan fingerprint density at radius 1 is 1.08 bits per heavy atom. The molecule has 61 heavy (non-hydrogen) atoms. The molecular weight excluding hydrogens is 805 g/mol. The number of aliphatic hydroxyl groups excluding tert-OH is 2. The molecular formula is C45H68N4O11S. The molecule has 16 heteroatoms. The minimum Gasteiger partial charge on any atom is -0.459 e. The van der Waals surface area contributed by atoms with Crippen molar-refractivity contribution in [3.8, 4) is 10.4 Å². The molecule has 2 bridgehead atoms. The lowest BCUT2D eigenvalue weighted by Crippen LogP contribution is -2.60. The normalized spacial score (nSPS) is 37.6. The number of likely N-dealkylation sites (N-methyl/N-ethyl adjacent to an activating group) is 1. The van der Waals surface area contributed by atoms with E-state index >= 15 is 0 Å². The van der Waals surface area contributed by atoms with Crippen LogP contribution in [0.4, 0.5) is 4.79 Å². The second kappa shape index (κ2) is 20.9. The number of hydrogen-bond acceptors (Lipinski definition) is 15. The van der Waals surface area contributed by atoms with E-state index in [4.69, 9.17) is 28.4 Å². The van der Waals surface area contributed by atoms with Crippen molar-refractivity contribution >= 4 is 23.6 Å². The molecule has 3 fully saturated rings. The van der Waals surface area contributed by atoms with Crippen LogP contribution in [0.1, 0.15) is 80.2 Å². The molecule has 3 aliphatic heterocycles. The molecule has 1 aromatic heterocycles. The van der Waals surface area contributed by atoms with Crippen LogP contribution in [0.5, 0.6) is 0 Å². The van der Waals surface area contributed by atoms with Gasteiger partial charge in [0.05, 0.1) is 60.2 Å². The van der Waals surface area contributed by atoms with Gasteiger partial charge in [-0.15, -0.1) is 5.10 Å². The van der Waals surface area contributed by atoms with Crippen molar-refractivity contribution in [3.63, 3.8) is 0 Å². The summed E-state index contributed by atoms with van der Waals surface area (Å²) in [5, 5.41) is 42.8. The van der Waals surface area contributed by atoms with Crippen molar-refractivity contribution in [2.75, 3.05) is 33.9 Å². The summed E-state index contributed by atoms with van der Waals surface area (Å²) in [6.45, 7) is 19.0. The predicted octanol–water partition coefficient (Wildman–Crippen LogP) is 5.28. The Labute approximate surface area is 364 Å². The molecule has 5 rings (SSSR count). The molecule has 2 unspecified atom stereocenters. The maximum Gasteiger partial charge on any atom is 0.407 e. The van der Waals surface area contributed by atoms with E-state index in [1.165, 1.54) is 11.5 Å². The Hall–Kier alpha value is -3.32. The average molecular weight is 873 g/mol. The fourth-order valence-corrected chi connectivity index (χ4v) is 9.81. The zero-order valence-electron chi connectivity index (χ0n) is 37.4. The van der Waals surface area contributed by atoms with Gasteiger partial charge in [-0.25, -0.2) is 4.79 Å². The number of alkyl carbamates (subject to hydrolysis) is 1. The van der Waals surface area contributed by atoms with Crippen LogP contribution in [0.2, 0.25) is 0 Å². The molecule has 3 aliphatic rings. The Morgan fingerprint density at radius 2 is 1.79 bits per heavy atom. The molecule has 2 aromatic rings. The largest absolute Gasteiger partial charge is 0.459 e. The van der Waals surface area contributed by atoms with E-state index < -0.39 is 77.8 Å². The Balaban J connectivity index is 1.51. The van der Waals surface area contributed by atoms with Crippen LogP contribution >= 0.6 is 11.5 Å². The molecule has 1 amide bonds. The van der Waals surface area contributed by atoms with Crippen LogP contribution in [0, 0.1) is 23.7 Å². The SMILES string of the molecule is C=C1COC2[C@@H](C)/C(=C/COC(=O)NCc3ccc(-c4cnns4)cc3)[C@H](C)C[C@@](C)(OC1)[C@H](OC1O[C@H](C)C[C@H](N(C)C)[C@H]1O)[C@@H](C)[C@H](O)[C@@H](C)C(=O)O[C@H](CC)[C@@]2(C)O. The fourth-order valence-electron chi connectivity index (χ4n) is 9.29. The first kappa shape index (κ1) is 48.7. The summed E-state index contributed by atoms with van der Waals surface area (Å²) in [4.78, 5) is 29.9. The van der Waals surface area contributed by atoms with E-state index in [2.05, 4.69) is 21.5 Å². The first-order chi connectivity index (χ1) is 28.8. The third-order valence-electron chi connectivity index (χ3n) is 12.8. The number of benzene rings is 1. The molecule has 0 saturated carbocycles. The van der Waals surface area contributed by atoms with E-state index in [0.29, 0.717) is 18.4 Å². The summed E-state index contributed by atoms with van der Waals surface area (Å²) in [5.41, 5.74) is 0.327. The van der Waals surface area contributed by atoms with Crippen LogP contribution in [0.25, 0.3) is 10.4 Å². The molecule has 0 radical (unpaired) electrons. The molecule has 4 heterocycles. The van der Waals surface area contributed by atoms with Crippen LogP contribution in [0.3, 0.4) is 0 Å². The summed E-state index contributed by atoms with van der Waals surface area (Å²) < 4.78 is 42.2. The van der Waals surface area contributed by atoms with E-state index in [-0.39, 0.29) is 50.8 Å². The molecule has 0 spiro atoms. The number of amides is 1. The van der Waals surface area contributed by atoms with Crippen LogP contribution in [-0.2, 0) is 39.8 Å². The zero-order chi connectivity index (χ0) is 44.8. The summed E-state index contributed by atoms with van der Waals surface area (Å²) in [6.07, 6.45) is -2.50. The number of ether oxygens (including phenoxy) is 6. The number of rotatable bonds is 9. The van der Waals surface area contributed by atoms with E-state index in [0.717, 1.165) is 21.6 Å². The summed E-state index contributed by atoms with van der Waals surface area (Å²) in [6, 6.07) is 7.46. The number of fused-ring (bicyclic) bond motifs is 5. The average Bonchev–Trinajstić information content (AvgIpc) is 3.76. The van der Waals surface area contributed by atoms with Crippen LogP contribution in [-0.4, -0.2) is 136 Å². The highest BCUT2D eigenvalue weighted by molar-refractivity contribution is 7.09. The second-order valence-corrected chi connectivity index (χ2v) is 18.7. The molecule has 4 N–H and O–H groups in total. The maximum absolute atomic E-state index is 13.9. The van der Waals surface area contributed by atoms with E-state index in [9.17, 15) is 24.9 Å². The molecule has 1 aromatic carbocycles. The van der Waals surface area contributed by atoms with Gasteiger partial charge in [0.25, 0.3) is 0 Å². The van der Waals surface area contributed by atoms with Gasteiger partial charge in [-0.05, 0) is 101 Å². The lowest BCUT2D eigenvalue weighted by atomic mass is 9.72. The topological polar surface area (TPSA) is 191 Å². The van der Waals surface area contributed by atoms with Gasteiger partial charge in [-0.3, -0.25) is 4.79 Å². The monoisotopic (exact) mass is 872 g/mol. The molecule has 3 saturated heterocycles. The maximum atomic E-state index is 13.9. The number of hydrogen-bond donors (Lipinski definition) is 4. The Morgan fingerprint density at radius 3 is 2.43 bits per heavy atom. The van der Waals surface area contributed by atoms with Crippen molar-refractivity contribution in [2.45, 2.75) is 141 Å². The Bertz CT molecular complexity index is 1790. The smallest absolute Gasteiger partial charge is 0.407 e. The lowest BCUT2D eigenvalue weighted by molar-refractivity contribution is -0.303. The number of carbonyl (C=O) groups excluding carboxylic acids is 2. The van der Waals surface area contributed by atoms with E-state index in [1.807, 2.05) is 84.0 Å². The van der Waals surface area contributed by atoms with Gasteiger partial charge in [0.15, 0.2) is 6.29 Å². The zero-order valence-corrected chi connectivity index (χ0v) is 38.2. The van der Waals surface area contributed by atoms with Crippen molar-refractivity contribution < 1.29 is 53.3 Å². The molecule has 15 nitrogen and oxygen atoms in total. The summed E-state index contributed by atoms with van der Waals surface area (Å²) in [7, 11) is 3.79. The highest BCUT2D eigenvalue weighted by atomic mass is 32.1. The standard InChI is InChI=1S/C45H68N4O11S/c1-12-36-45(9,54)40-28(5)33(17-18-55-43(53)46-21-31-13-15-32(16-14-31)35-22-47-48-61-35)26(3)20-44(8,57-24-25(2)23-56-40)39(29(6)37(50)30(7)41(52)59-36)60-42-38(51)34(49(10)11)19-27(4)58-42/h13-17,22,26-30,34,36-40,42,50-51,54H,2,12,18-21,23-24H2,1,3-11H3,(H,46,53)/b33-17+/t26-,27-,28+,29+,30-,34+,36-,37+,38-,39-,40?,42?,44-,45-/m1/s1. The number of cyclic esters (lactones) is 1. The number of carbonyl (C=O) groups is 2. The third-order valence-corrected chi connectivity index (χ3v) is 13.5. The van der Waals surface area contributed by atoms with Gasteiger partial charge >= 0.3 is 12.1 Å². The van der Waals surface area contributed by atoms with Crippen LogP contribution in [0.15, 0.2) is 54.3 Å². The number of nitrogens with zero attached hydrogens (tertiary/aromatic N) is 3. The van der Waals surface area contributed by atoms with E-state index in [1.54, 1.807) is 27.0 Å². The molecule has 0 aliphatic carbocycles. The van der Waals surface area contributed by atoms with Gasteiger partial charge in [0, 0.05) is 24.4 Å². The quantitative estimate of drug-likeness (QED) is 0.188. The molecule has 340 valence electrons. The van der Waals surface area contributed by atoms with Gasteiger partial charge in [-0.1, -0.05) is 68.6 Å².